The number of para-hydroxylation sites is 1. The van der Waals surface area contributed by atoms with Crippen molar-refractivity contribution in [1.82, 2.24) is 4.98 Å². The first-order valence-electron chi connectivity index (χ1n) is 5.86. The van der Waals surface area contributed by atoms with Gasteiger partial charge in [0, 0.05) is 23.7 Å². The van der Waals surface area contributed by atoms with Crippen LogP contribution in [0.1, 0.15) is 16.8 Å². The van der Waals surface area contributed by atoms with Crippen molar-refractivity contribution in [2.45, 2.75) is 18.5 Å². The van der Waals surface area contributed by atoms with Gasteiger partial charge in [-0.1, -0.05) is 18.2 Å². The molecule has 1 aliphatic carbocycles. The monoisotopic (exact) mass is 242 g/mol. The van der Waals surface area contributed by atoms with Gasteiger partial charge in [0.05, 0.1) is 16.8 Å². The molecule has 92 valence electrons. The highest BCUT2D eigenvalue weighted by molar-refractivity contribution is 6.06. The van der Waals surface area contributed by atoms with Crippen molar-refractivity contribution in [3.8, 4) is 0 Å². The van der Waals surface area contributed by atoms with Crippen LogP contribution in [0.4, 0.5) is 5.69 Å². The number of nitrogens with one attached hydrogen (secondary N) is 1. The van der Waals surface area contributed by atoms with Gasteiger partial charge in [0.15, 0.2) is 0 Å². The highest BCUT2D eigenvalue weighted by Gasteiger charge is 2.34. The first-order valence-corrected chi connectivity index (χ1v) is 5.86. The van der Waals surface area contributed by atoms with E-state index in [1.165, 1.54) is 6.20 Å². The van der Waals surface area contributed by atoms with Crippen LogP contribution in [-0.4, -0.2) is 23.0 Å². The molecular formula is C13H14N4O. The van der Waals surface area contributed by atoms with Crippen LogP contribution in [0.2, 0.25) is 0 Å². The first kappa shape index (κ1) is 11.0. The fourth-order valence-electron chi connectivity index (χ4n) is 2.05. The van der Waals surface area contributed by atoms with Crippen LogP contribution in [-0.2, 0) is 0 Å². The lowest BCUT2D eigenvalue weighted by Crippen LogP contribution is -2.19. The molecule has 0 aliphatic heterocycles. The van der Waals surface area contributed by atoms with E-state index in [9.17, 15) is 4.79 Å². The van der Waals surface area contributed by atoms with E-state index >= 15 is 0 Å². The van der Waals surface area contributed by atoms with Crippen LogP contribution in [0, 0.1) is 0 Å². The van der Waals surface area contributed by atoms with Gasteiger partial charge >= 0.3 is 0 Å². The van der Waals surface area contributed by atoms with E-state index in [2.05, 4.69) is 10.3 Å². The summed E-state index contributed by atoms with van der Waals surface area (Å²) in [5.74, 6) is -0.482. The molecule has 1 aliphatic rings. The number of amides is 1. The Morgan fingerprint density at radius 1 is 1.39 bits per heavy atom. The number of nitrogens with zero attached hydrogens (tertiary/aromatic N) is 1. The zero-order chi connectivity index (χ0) is 12.7. The van der Waals surface area contributed by atoms with Gasteiger partial charge in [0.1, 0.15) is 0 Å². The second kappa shape index (κ2) is 3.96. The highest BCUT2D eigenvalue weighted by atomic mass is 16.1. The summed E-state index contributed by atoms with van der Waals surface area (Å²) in [6.45, 7) is 0. The smallest absolute Gasteiger partial charge is 0.252 e. The Hall–Kier alpha value is -2.14. The molecule has 2 aromatic rings. The quantitative estimate of drug-likeness (QED) is 0.743. The van der Waals surface area contributed by atoms with Crippen molar-refractivity contribution in [1.29, 1.82) is 0 Å². The molecule has 2 atom stereocenters. The SMILES string of the molecule is NC(=O)c1cnc2ccccc2c1NC1CC1N. The second-order valence-electron chi connectivity index (χ2n) is 4.58. The molecule has 0 saturated heterocycles. The van der Waals surface area contributed by atoms with E-state index in [0.717, 1.165) is 23.0 Å². The lowest BCUT2D eigenvalue weighted by Gasteiger charge is -2.12. The predicted octanol–water partition coefficient (Wildman–Crippen LogP) is 0.845. The van der Waals surface area contributed by atoms with Crippen molar-refractivity contribution < 1.29 is 4.79 Å². The Labute approximate surface area is 104 Å². The highest BCUT2D eigenvalue weighted by Crippen LogP contribution is 2.31. The van der Waals surface area contributed by atoms with E-state index in [0.29, 0.717) is 5.56 Å². The minimum atomic E-state index is -0.482. The molecule has 1 aromatic carbocycles. The number of pyridine rings is 1. The Kier molecular flexibility index (Phi) is 2.41. The van der Waals surface area contributed by atoms with Crippen LogP contribution < -0.4 is 16.8 Å². The summed E-state index contributed by atoms with van der Waals surface area (Å²) in [6.07, 6.45) is 2.43. The molecule has 5 N–H and O–H groups in total. The van der Waals surface area contributed by atoms with Gasteiger partial charge in [-0.2, -0.15) is 0 Å². The minimum Gasteiger partial charge on any atom is -0.379 e. The van der Waals surface area contributed by atoms with E-state index in [-0.39, 0.29) is 12.1 Å². The maximum absolute atomic E-state index is 11.5. The third kappa shape index (κ3) is 1.78. The Morgan fingerprint density at radius 2 is 2.11 bits per heavy atom. The number of nitrogens with two attached hydrogens (primary N) is 2. The third-order valence-corrected chi connectivity index (χ3v) is 3.21. The Balaban J connectivity index is 2.15. The van der Waals surface area contributed by atoms with Crippen molar-refractivity contribution in [3.05, 3.63) is 36.0 Å². The lowest BCUT2D eigenvalue weighted by atomic mass is 10.1. The molecule has 1 fully saturated rings. The summed E-state index contributed by atoms with van der Waals surface area (Å²) in [7, 11) is 0. The van der Waals surface area contributed by atoms with Crippen molar-refractivity contribution >= 4 is 22.5 Å². The molecule has 5 nitrogen and oxygen atoms in total. The number of rotatable bonds is 3. The van der Waals surface area contributed by atoms with Gasteiger partial charge in [-0.3, -0.25) is 9.78 Å². The van der Waals surface area contributed by atoms with Crippen molar-refractivity contribution in [3.63, 3.8) is 0 Å². The number of anilines is 1. The number of hydrogen-bond donors (Lipinski definition) is 3. The number of aromatic nitrogens is 1. The van der Waals surface area contributed by atoms with E-state index < -0.39 is 5.91 Å². The molecule has 3 rings (SSSR count). The van der Waals surface area contributed by atoms with E-state index in [4.69, 9.17) is 11.5 Å². The van der Waals surface area contributed by atoms with E-state index in [1.807, 2.05) is 24.3 Å². The minimum absolute atomic E-state index is 0.151. The maximum Gasteiger partial charge on any atom is 0.252 e. The summed E-state index contributed by atoms with van der Waals surface area (Å²) in [5.41, 5.74) is 13.2. The Morgan fingerprint density at radius 3 is 2.78 bits per heavy atom. The fraction of sp³-hybridized carbons (Fsp3) is 0.231. The topological polar surface area (TPSA) is 94.0 Å². The van der Waals surface area contributed by atoms with Crippen LogP contribution in [0.15, 0.2) is 30.5 Å². The van der Waals surface area contributed by atoms with Gasteiger partial charge < -0.3 is 16.8 Å². The van der Waals surface area contributed by atoms with Crippen molar-refractivity contribution in [2.24, 2.45) is 11.5 Å². The summed E-state index contributed by atoms with van der Waals surface area (Å²) < 4.78 is 0. The molecule has 1 amide bonds. The molecule has 18 heavy (non-hydrogen) atoms. The standard InChI is InChI=1S/C13H14N4O/c14-9-5-11(9)17-12-7-3-1-2-4-10(7)16-6-8(12)13(15)18/h1-4,6,9,11H,5,14H2,(H2,15,18)(H,16,17). The molecule has 0 radical (unpaired) electrons. The Bertz CT molecular complexity index is 625. The molecule has 2 unspecified atom stereocenters. The summed E-state index contributed by atoms with van der Waals surface area (Å²) in [6, 6.07) is 8.01. The largest absolute Gasteiger partial charge is 0.379 e. The summed E-state index contributed by atoms with van der Waals surface area (Å²) in [4.78, 5) is 15.7. The van der Waals surface area contributed by atoms with Crippen molar-refractivity contribution in [2.75, 3.05) is 5.32 Å². The maximum atomic E-state index is 11.5. The van der Waals surface area contributed by atoms with Gasteiger partial charge in [-0.05, 0) is 12.5 Å². The summed E-state index contributed by atoms with van der Waals surface area (Å²) >= 11 is 0. The fourth-order valence-corrected chi connectivity index (χ4v) is 2.05. The number of carbonyl (C=O) groups excluding carboxylic acids is 1. The van der Waals surface area contributed by atoms with Gasteiger partial charge in [0.2, 0.25) is 0 Å². The zero-order valence-electron chi connectivity index (χ0n) is 9.76. The molecule has 1 saturated carbocycles. The number of carbonyl (C=O) groups is 1. The molecule has 5 heteroatoms. The average molecular weight is 242 g/mol. The van der Waals surface area contributed by atoms with Crippen LogP contribution in [0.25, 0.3) is 10.9 Å². The molecule has 0 spiro atoms. The van der Waals surface area contributed by atoms with Gasteiger partial charge in [0.25, 0.3) is 5.91 Å². The lowest BCUT2D eigenvalue weighted by molar-refractivity contribution is 0.100. The first-order chi connectivity index (χ1) is 8.66. The molecular weight excluding hydrogens is 228 g/mol. The normalized spacial score (nSPS) is 21.8. The zero-order valence-corrected chi connectivity index (χ0v) is 9.76. The number of fused-ring (bicyclic) bond motifs is 1. The predicted molar refractivity (Wildman–Crippen MR) is 70.3 cm³/mol. The van der Waals surface area contributed by atoms with Gasteiger partial charge in [-0.25, -0.2) is 0 Å². The average Bonchev–Trinajstić information content (AvgIpc) is 3.05. The third-order valence-electron chi connectivity index (χ3n) is 3.21. The number of primary amides is 1. The van der Waals surface area contributed by atoms with E-state index in [1.54, 1.807) is 0 Å². The number of hydrogen-bond acceptors (Lipinski definition) is 4. The molecule has 1 aromatic heterocycles. The number of benzene rings is 1. The summed E-state index contributed by atoms with van der Waals surface area (Å²) in [5, 5.41) is 4.19. The molecule has 0 bridgehead atoms. The van der Waals surface area contributed by atoms with Crippen LogP contribution in [0.3, 0.4) is 0 Å². The van der Waals surface area contributed by atoms with Gasteiger partial charge in [-0.15, -0.1) is 0 Å². The second-order valence-corrected chi connectivity index (χ2v) is 4.58. The molecule has 1 heterocycles. The van der Waals surface area contributed by atoms with Crippen LogP contribution in [0.5, 0.6) is 0 Å². The van der Waals surface area contributed by atoms with Crippen LogP contribution >= 0.6 is 0 Å².